The zero-order valence-electron chi connectivity index (χ0n) is 15.1. The first-order chi connectivity index (χ1) is 11.5. The summed E-state index contributed by atoms with van der Waals surface area (Å²) >= 11 is 1.73. The molecule has 138 valence electrons. The summed E-state index contributed by atoms with van der Waals surface area (Å²) < 4.78 is 0. The molecule has 0 spiro atoms. The molecule has 25 heavy (non-hydrogen) atoms. The molecule has 1 aliphatic carbocycles. The SMILES string of the molecule is CC1CCc2c(sc3nc(C(C)N4CCNC[C@H]4C)[nH]c(=O)c23)C1.Cl. The smallest absolute Gasteiger partial charge is 0.259 e. The van der Waals surface area contributed by atoms with Crippen molar-refractivity contribution in [2.45, 2.75) is 52.1 Å². The van der Waals surface area contributed by atoms with E-state index in [1.54, 1.807) is 11.3 Å². The molecule has 3 atom stereocenters. The molecule has 2 aromatic heterocycles. The first-order valence-electron chi connectivity index (χ1n) is 9.05. The van der Waals surface area contributed by atoms with Gasteiger partial charge in [0.1, 0.15) is 10.7 Å². The number of nitrogens with zero attached hydrogens (tertiary/aromatic N) is 2. The highest BCUT2D eigenvalue weighted by Crippen LogP contribution is 2.36. The maximum atomic E-state index is 12.8. The van der Waals surface area contributed by atoms with Crippen molar-refractivity contribution in [3.05, 3.63) is 26.6 Å². The predicted octanol–water partition coefficient (Wildman–Crippen LogP) is 2.89. The Labute approximate surface area is 158 Å². The Morgan fingerprint density at radius 3 is 2.92 bits per heavy atom. The van der Waals surface area contributed by atoms with E-state index in [0.717, 1.165) is 48.5 Å². The molecule has 2 unspecified atom stereocenters. The summed E-state index contributed by atoms with van der Waals surface area (Å²) in [6.07, 6.45) is 3.29. The Morgan fingerprint density at radius 1 is 1.36 bits per heavy atom. The van der Waals surface area contributed by atoms with Crippen LogP contribution in [0.5, 0.6) is 0 Å². The summed E-state index contributed by atoms with van der Waals surface area (Å²) in [7, 11) is 0. The van der Waals surface area contributed by atoms with Crippen LogP contribution in [0.25, 0.3) is 10.2 Å². The van der Waals surface area contributed by atoms with Crippen LogP contribution in [0.3, 0.4) is 0 Å². The minimum Gasteiger partial charge on any atom is -0.314 e. The van der Waals surface area contributed by atoms with E-state index in [-0.39, 0.29) is 24.0 Å². The van der Waals surface area contributed by atoms with Gasteiger partial charge >= 0.3 is 0 Å². The van der Waals surface area contributed by atoms with Crippen molar-refractivity contribution >= 4 is 34.0 Å². The maximum Gasteiger partial charge on any atom is 0.259 e. The van der Waals surface area contributed by atoms with Crippen molar-refractivity contribution in [2.75, 3.05) is 19.6 Å². The highest BCUT2D eigenvalue weighted by atomic mass is 35.5. The molecule has 0 saturated carbocycles. The molecule has 2 aliphatic rings. The largest absolute Gasteiger partial charge is 0.314 e. The summed E-state index contributed by atoms with van der Waals surface area (Å²) in [6.45, 7) is 9.65. The van der Waals surface area contributed by atoms with Crippen LogP contribution in [-0.2, 0) is 12.8 Å². The van der Waals surface area contributed by atoms with E-state index in [0.29, 0.717) is 12.0 Å². The number of aromatic amines is 1. The molecule has 5 nitrogen and oxygen atoms in total. The van der Waals surface area contributed by atoms with E-state index in [4.69, 9.17) is 4.98 Å². The summed E-state index contributed by atoms with van der Waals surface area (Å²) in [4.78, 5) is 25.5. The van der Waals surface area contributed by atoms with Gasteiger partial charge in [-0.1, -0.05) is 6.92 Å². The van der Waals surface area contributed by atoms with Crippen molar-refractivity contribution in [3.63, 3.8) is 0 Å². The number of hydrogen-bond donors (Lipinski definition) is 2. The molecule has 0 aromatic carbocycles. The number of aryl methyl sites for hydroxylation is 1. The van der Waals surface area contributed by atoms with Gasteiger partial charge in [0.15, 0.2) is 0 Å². The summed E-state index contributed by atoms with van der Waals surface area (Å²) in [5.41, 5.74) is 1.31. The zero-order chi connectivity index (χ0) is 16.8. The topological polar surface area (TPSA) is 61.0 Å². The van der Waals surface area contributed by atoms with Gasteiger partial charge < -0.3 is 10.3 Å². The Balaban J connectivity index is 0.00000182. The van der Waals surface area contributed by atoms with Crippen molar-refractivity contribution in [1.29, 1.82) is 0 Å². The van der Waals surface area contributed by atoms with Gasteiger partial charge in [-0.15, -0.1) is 23.7 Å². The molecule has 0 bridgehead atoms. The molecule has 1 saturated heterocycles. The second kappa shape index (κ2) is 7.35. The Bertz CT molecular complexity index is 817. The van der Waals surface area contributed by atoms with Crippen LogP contribution in [0, 0.1) is 5.92 Å². The van der Waals surface area contributed by atoms with Gasteiger partial charge in [0.05, 0.1) is 11.4 Å². The van der Waals surface area contributed by atoms with Crippen molar-refractivity contribution in [3.8, 4) is 0 Å². The average Bonchev–Trinajstić information content (AvgIpc) is 2.92. The van der Waals surface area contributed by atoms with Crippen LogP contribution < -0.4 is 10.9 Å². The van der Waals surface area contributed by atoms with Crippen LogP contribution in [-0.4, -0.2) is 40.5 Å². The van der Waals surface area contributed by atoms with Crippen LogP contribution in [0.1, 0.15) is 49.5 Å². The van der Waals surface area contributed by atoms with Gasteiger partial charge in [-0.2, -0.15) is 0 Å². The van der Waals surface area contributed by atoms with Gasteiger partial charge in [0.25, 0.3) is 5.56 Å². The molecule has 3 heterocycles. The number of hydrogen-bond acceptors (Lipinski definition) is 5. The van der Waals surface area contributed by atoms with E-state index in [2.05, 4.69) is 36.0 Å². The summed E-state index contributed by atoms with van der Waals surface area (Å²) in [5, 5.41) is 4.27. The second-order valence-electron chi connectivity index (χ2n) is 7.45. The number of thiophene rings is 1. The standard InChI is InChI=1S/C18H26N4OS.ClH/c1-10-4-5-13-14(8-10)24-18-15(13)17(23)20-16(21-18)12(3)22-7-6-19-9-11(22)2;/h10-12,19H,4-9H2,1-3H3,(H,20,21,23);1H/t10?,11-,12?;/m1./s1. The molecule has 1 aliphatic heterocycles. The number of fused-ring (bicyclic) bond motifs is 3. The van der Waals surface area contributed by atoms with E-state index < -0.39 is 0 Å². The molecule has 1 fully saturated rings. The number of piperazine rings is 1. The van der Waals surface area contributed by atoms with Crippen molar-refractivity contribution in [2.24, 2.45) is 5.92 Å². The van der Waals surface area contributed by atoms with Crippen LogP contribution in [0.2, 0.25) is 0 Å². The molecule has 2 N–H and O–H groups in total. The van der Waals surface area contributed by atoms with E-state index in [1.165, 1.54) is 16.9 Å². The lowest BCUT2D eigenvalue weighted by Gasteiger charge is -2.37. The highest BCUT2D eigenvalue weighted by Gasteiger charge is 2.27. The van der Waals surface area contributed by atoms with Gasteiger partial charge in [-0.05, 0) is 44.6 Å². The fourth-order valence-corrected chi connectivity index (χ4v) is 5.54. The van der Waals surface area contributed by atoms with E-state index in [1.807, 2.05) is 0 Å². The number of aromatic nitrogens is 2. The molecule has 0 radical (unpaired) electrons. The average molecular weight is 383 g/mol. The first-order valence-corrected chi connectivity index (χ1v) is 9.87. The lowest BCUT2D eigenvalue weighted by atomic mass is 9.89. The predicted molar refractivity (Wildman–Crippen MR) is 106 cm³/mol. The molecular formula is C18H27ClN4OS. The third kappa shape index (κ3) is 3.37. The quantitative estimate of drug-likeness (QED) is 0.838. The molecule has 7 heteroatoms. The molecular weight excluding hydrogens is 356 g/mol. The lowest BCUT2D eigenvalue weighted by Crippen LogP contribution is -2.50. The number of halogens is 1. The third-order valence-corrected chi connectivity index (χ3v) is 6.78. The summed E-state index contributed by atoms with van der Waals surface area (Å²) in [6, 6.07) is 0.587. The Morgan fingerprint density at radius 2 is 2.16 bits per heavy atom. The fourth-order valence-electron chi connectivity index (χ4n) is 4.15. The normalized spacial score (nSPS) is 25.4. The van der Waals surface area contributed by atoms with Crippen LogP contribution in [0.4, 0.5) is 0 Å². The fraction of sp³-hybridized carbons (Fsp3) is 0.667. The minimum atomic E-state index is 0. The number of nitrogens with one attached hydrogen (secondary N) is 2. The van der Waals surface area contributed by atoms with Crippen LogP contribution >= 0.6 is 23.7 Å². The highest BCUT2D eigenvalue weighted by molar-refractivity contribution is 7.18. The molecule has 0 amide bonds. The van der Waals surface area contributed by atoms with E-state index >= 15 is 0 Å². The molecule has 4 rings (SSSR count). The molecule has 2 aromatic rings. The van der Waals surface area contributed by atoms with Crippen molar-refractivity contribution < 1.29 is 0 Å². The van der Waals surface area contributed by atoms with Gasteiger partial charge in [-0.3, -0.25) is 9.69 Å². The monoisotopic (exact) mass is 382 g/mol. The van der Waals surface area contributed by atoms with E-state index in [9.17, 15) is 4.79 Å². The Hall–Kier alpha value is -0.950. The zero-order valence-corrected chi connectivity index (χ0v) is 16.7. The van der Waals surface area contributed by atoms with Gasteiger partial charge in [0, 0.05) is 30.6 Å². The van der Waals surface area contributed by atoms with Crippen LogP contribution in [0.15, 0.2) is 4.79 Å². The minimum absolute atomic E-state index is 0. The number of rotatable bonds is 2. The lowest BCUT2D eigenvalue weighted by molar-refractivity contribution is 0.121. The van der Waals surface area contributed by atoms with Gasteiger partial charge in [0.2, 0.25) is 0 Å². The first kappa shape index (κ1) is 18.8. The Kier molecular flexibility index (Phi) is 5.54. The van der Waals surface area contributed by atoms with Crippen molar-refractivity contribution in [1.82, 2.24) is 20.2 Å². The van der Waals surface area contributed by atoms with Gasteiger partial charge in [-0.25, -0.2) is 4.98 Å². The maximum absolute atomic E-state index is 12.8. The summed E-state index contributed by atoms with van der Waals surface area (Å²) in [5.74, 6) is 1.53. The number of H-pyrrole nitrogens is 1. The second-order valence-corrected chi connectivity index (χ2v) is 8.53. The third-order valence-electron chi connectivity index (χ3n) is 5.63.